The Balaban J connectivity index is 1.97. The minimum atomic E-state index is 0.113. The molecule has 122 valence electrons. The predicted octanol–water partition coefficient (Wildman–Crippen LogP) is 3.14. The van der Waals surface area contributed by atoms with E-state index in [4.69, 9.17) is 0 Å². The summed E-state index contributed by atoms with van der Waals surface area (Å²) in [6, 6.07) is 8.48. The van der Waals surface area contributed by atoms with Crippen molar-refractivity contribution in [3.63, 3.8) is 0 Å². The lowest BCUT2D eigenvalue weighted by Gasteiger charge is -2.35. The average Bonchev–Trinajstić information content (AvgIpc) is 2.45. The highest BCUT2D eigenvalue weighted by atomic mass is 32.2. The van der Waals surface area contributed by atoms with Crippen LogP contribution in [0.5, 0.6) is 0 Å². The molecule has 0 unspecified atom stereocenters. The molecule has 0 radical (unpaired) electrons. The van der Waals surface area contributed by atoms with Crippen LogP contribution in [0, 0.1) is 11.8 Å². The van der Waals surface area contributed by atoms with Crippen LogP contribution in [0.2, 0.25) is 0 Å². The van der Waals surface area contributed by atoms with Gasteiger partial charge >= 0.3 is 0 Å². The van der Waals surface area contributed by atoms with Crippen LogP contribution >= 0.6 is 11.8 Å². The molecular formula is C18H28N2OS. The van der Waals surface area contributed by atoms with Crippen LogP contribution in [0.4, 0.5) is 0 Å². The van der Waals surface area contributed by atoms with E-state index in [0.717, 1.165) is 18.4 Å². The molecular weight excluding hydrogens is 292 g/mol. The van der Waals surface area contributed by atoms with E-state index >= 15 is 0 Å². The van der Waals surface area contributed by atoms with Crippen LogP contribution in [0.1, 0.15) is 31.4 Å². The summed E-state index contributed by atoms with van der Waals surface area (Å²) in [5.41, 5.74) is 2.58. The van der Waals surface area contributed by atoms with Crippen molar-refractivity contribution >= 4 is 17.7 Å². The maximum Gasteiger partial charge on any atom is 0.230 e. The molecule has 1 aliphatic heterocycles. The van der Waals surface area contributed by atoms with Crippen molar-refractivity contribution in [2.45, 2.75) is 33.4 Å². The van der Waals surface area contributed by atoms with Gasteiger partial charge in [-0.2, -0.15) is 11.8 Å². The second-order valence-corrected chi connectivity index (χ2v) is 7.48. The molecule has 1 fully saturated rings. The van der Waals surface area contributed by atoms with Gasteiger partial charge in [0.15, 0.2) is 0 Å². The molecule has 1 aliphatic rings. The molecule has 2 rings (SSSR count). The maximum atomic E-state index is 11.7. The minimum Gasteiger partial charge on any atom is -0.351 e. The lowest BCUT2D eigenvalue weighted by molar-refractivity contribution is -0.118. The van der Waals surface area contributed by atoms with Crippen molar-refractivity contribution in [2.24, 2.45) is 11.8 Å². The van der Waals surface area contributed by atoms with Crippen molar-refractivity contribution in [1.29, 1.82) is 0 Å². The van der Waals surface area contributed by atoms with Crippen molar-refractivity contribution < 1.29 is 4.79 Å². The van der Waals surface area contributed by atoms with Gasteiger partial charge in [0.1, 0.15) is 0 Å². The number of hydrogen-bond acceptors (Lipinski definition) is 3. The van der Waals surface area contributed by atoms with Gasteiger partial charge in [-0.3, -0.25) is 9.69 Å². The predicted molar refractivity (Wildman–Crippen MR) is 94.9 cm³/mol. The summed E-state index contributed by atoms with van der Waals surface area (Å²) >= 11 is 1.56. The molecule has 1 aromatic carbocycles. The number of hydrogen-bond donors (Lipinski definition) is 1. The van der Waals surface area contributed by atoms with Gasteiger partial charge in [-0.15, -0.1) is 0 Å². The first kappa shape index (κ1) is 17.4. The molecule has 1 amide bonds. The number of piperidine rings is 1. The fourth-order valence-corrected chi connectivity index (χ4v) is 3.79. The van der Waals surface area contributed by atoms with Gasteiger partial charge in [-0.1, -0.05) is 38.1 Å². The van der Waals surface area contributed by atoms with Crippen molar-refractivity contribution in [3.8, 4) is 0 Å². The zero-order valence-corrected chi connectivity index (χ0v) is 14.8. The number of carbonyl (C=O) groups excluding carboxylic acids is 1. The normalized spacial score (nSPS) is 22.5. The first-order chi connectivity index (χ1) is 10.6. The lowest BCUT2D eigenvalue weighted by Crippen LogP contribution is -2.38. The quantitative estimate of drug-likeness (QED) is 0.874. The summed E-state index contributed by atoms with van der Waals surface area (Å²) in [5, 5.41) is 3.02. The monoisotopic (exact) mass is 320 g/mol. The van der Waals surface area contributed by atoms with Crippen LogP contribution in [0.25, 0.3) is 0 Å². The first-order valence-corrected chi connectivity index (χ1v) is 9.52. The van der Waals surface area contributed by atoms with E-state index in [9.17, 15) is 4.79 Å². The standard InChI is InChI=1S/C18H28N2OS/c1-14-8-15(2)11-20(10-14)12-17-7-5-4-6-16(17)9-19-18(21)13-22-3/h4-7,14-15H,8-13H2,1-3H3,(H,19,21)/t14-,15-/m1/s1. The molecule has 0 spiro atoms. The smallest absolute Gasteiger partial charge is 0.230 e. The van der Waals surface area contributed by atoms with E-state index in [1.54, 1.807) is 11.8 Å². The number of amides is 1. The highest BCUT2D eigenvalue weighted by molar-refractivity contribution is 7.99. The number of carbonyl (C=O) groups is 1. The molecule has 4 heteroatoms. The molecule has 1 saturated heterocycles. The second-order valence-electron chi connectivity index (χ2n) is 6.62. The molecule has 0 aromatic heterocycles. The summed E-state index contributed by atoms with van der Waals surface area (Å²) in [6.45, 7) is 8.67. The van der Waals surface area contributed by atoms with Crippen LogP contribution < -0.4 is 5.32 Å². The summed E-state index contributed by atoms with van der Waals surface area (Å²) in [5.74, 6) is 2.19. The number of rotatable bonds is 6. The van der Waals surface area contributed by atoms with Gasteiger partial charge in [0, 0.05) is 26.2 Å². The van der Waals surface area contributed by atoms with Gasteiger partial charge in [0.25, 0.3) is 0 Å². The summed E-state index contributed by atoms with van der Waals surface area (Å²) in [7, 11) is 0. The number of nitrogens with zero attached hydrogens (tertiary/aromatic N) is 1. The van der Waals surface area contributed by atoms with Crippen molar-refractivity contribution in [1.82, 2.24) is 10.2 Å². The zero-order valence-electron chi connectivity index (χ0n) is 14.0. The second kappa shape index (κ2) is 8.59. The molecule has 2 atom stereocenters. The topological polar surface area (TPSA) is 32.3 Å². The maximum absolute atomic E-state index is 11.7. The van der Waals surface area contributed by atoms with Crippen LogP contribution in [-0.2, 0) is 17.9 Å². The van der Waals surface area contributed by atoms with E-state index in [0.29, 0.717) is 12.3 Å². The summed E-state index contributed by atoms with van der Waals surface area (Å²) in [6.07, 6.45) is 3.29. The Labute approximate surface area is 138 Å². The third-order valence-electron chi connectivity index (χ3n) is 4.21. The van der Waals surface area contributed by atoms with Crippen molar-refractivity contribution in [2.75, 3.05) is 25.1 Å². The first-order valence-electron chi connectivity index (χ1n) is 8.13. The number of thioether (sulfide) groups is 1. The summed E-state index contributed by atoms with van der Waals surface area (Å²) in [4.78, 5) is 14.2. The molecule has 22 heavy (non-hydrogen) atoms. The highest BCUT2D eigenvalue weighted by Crippen LogP contribution is 2.23. The summed E-state index contributed by atoms with van der Waals surface area (Å²) < 4.78 is 0. The van der Waals surface area contributed by atoms with Gasteiger partial charge < -0.3 is 5.32 Å². The van der Waals surface area contributed by atoms with E-state index in [2.05, 4.69) is 48.3 Å². The van der Waals surface area contributed by atoms with Crippen LogP contribution in [-0.4, -0.2) is 35.9 Å². The average molecular weight is 321 g/mol. The molecule has 0 bridgehead atoms. The van der Waals surface area contributed by atoms with Gasteiger partial charge in [0.2, 0.25) is 5.91 Å². The number of nitrogens with one attached hydrogen (secondary N) is 1. The Kier molecular flexibility index (Phi) is 6.77. The minimum absolute atomic E-state index is 0.113. The Morgan fingerprint density at radius 2 is 1.86 bits per heavy atom. The van der Waals surface area contributed by atoms with Crippen LogP contribution in [0.3, 0.4) is 0 Å². The largest absolute Gasteiger partial charge is 0.351 e. The SMILES string of the molecule is CSCC(=O)NCc1ccccc1CN1C[C@H](C)C[C@@H](C)C1. The molecule has 1 heterocycles. The number of likely N-dealkylation sites (tertiary alicyclic amines) is 1. The van der Waals surface area contributed by atoms with Gasteiger partial charge in [-0.25, -0.2) is 0 Å². The fourth-order valence-electron chi connectivity index (χ4n) is 3.42. The Hall–Kier alpha value is -1.00. The van der Waals surface area contributed by atoms with Gasteiger partial charge in [-0.05, 0) is 35.6 Å². The Bertz CT molecular complexity index is 482. The van der Waals surface area contributed by atoms with E-state index in [1.165, 1.54) is 30.6 Å². The van der Waals surface area contributed by atoms with Crippen LogP contribution in [0.15, 0.2) is 24.3 Å². The van der Waals surface area contributed by atoms with E-state index in [1.807, 2.05) is 6.26 Å². The third kappa shape index (κ3) is 5.33. The molecule has 0 aliphatic carbocycles. The molecule has 1 N–H and O–H groups in total. The Morgan fingerprint density at radius 3 is 2.50 bits per heavy atom. The molecule has 0 saturated carbocycles. The van der Waals surface area contributed by atoms with E-state index < -0.39 is 0 Å². The number of benzene rings is 1. The third-order valence-corrected chi connectivity index (χ3v) is 4.76. The molecule has 1 aromatic rings. The Morgan fingerprint density at radius 1 is 1.23 bits per heavy atom. The lowest BCUT2D eigenvalue weighted by atomic mass is 9.91. The fraction of sp³-hybridized carbons (Fsp3) is 0.611. The van der Waals surface area contributed by atoms with Crippen molar-refractivity contribution in [3.05, 3.63) is 35.4 Å². The van der Waals surface area contributed by atoms with Gasteiger partial charge in [0.05, 0.1) is 5.75 Å². The van der Waals surface area contributed by atoms with E-state index in [-0.39, 0.29) is 5.91 Å². The molecule has 3 nitrogen and oxygen atoms in total. The zero-order chi connectivity index (χ0) is 15.9. The highest BCUT2D eigenvalue weighted by Gasteiger charge is 2.22.